The highest BCUT2D eigenvalue weighted by molar-refractivity contribution is 6.30. The number of aromatic nitrogens is 5. The highest BCUT2D eigenvalue weighted by Crippen LogP contribution is 2.20. The Bertz CT molecular complexity index is 1350. The summed E-state index contributed by atoms with van der Waals surface area (Å²) in [5.41, 5.74) is 14.4. The maximum absolute atomic E-state index is 8.33. The number of H-pyrrole nitrogens is 1. The zero-order valence-corrected chi connectivity index (χ0v) is 19.6. The Kier molecular flexibility index (Phi) is 10.3. The molecule has 0 bridgehead atoms. The Morgan fingerprint density at radius 2 is 1.50 bits per heavy atom. The van der Waals surface area contributed by atoms with Gasteiger partial charge < -0.3 is 11.5 Å². The number of hydrogen-bond donors (Lipinski definition) is 3. The molecule has 12 heteroatoms. The van der Waals surface area contributed by atoms with Crippen LogP contribution >= 0.6 is 34.8 Å². The Morgan fingerprint density at radius 1 is 0.882 bits per heavy atom. The molecule has 0 radical (unpaired) electrons. The van der Waals surface area contributed by atoms with E-state index in [1.807, 2.05) is 18.2 Å². The van der Waals surface area contributed by atoms with E-state index in [4.69, 9.17) is 56.8 Å². The van der Waals surface area contributed by atoms with Crippen LogP contribution in [0, 0.1) is 22.7 Å². The van der Waals surface area contributed by atoms with E-state index in [0.717, 1.165) is 11.3 Å². The monoisotopic (exact) mass is 511 g/mol. The van der Waals surface area contributed by atoms with Gasteiger partial charge in [-0.15, -0.1) is 0 Å². The van der Waals surface area contributed by atoms with Gasteiger partial charge in [0.25, 0.3) is 0 Å². The van der Waals surface area contributed by atoms with E-state index in [0.29, 0.717) is 38.1 Å². The SMILES string of the molecule is N#C/C=C(\N)c1ccnc(Cl)c1.N#Cc1ccnc(Cl)c1.Nc1cc(-c2ccnc(Cl)c2)[nH]n1. The second kappa shape index (κ2) is 13.4. The van der Waals surface area contributed by atoms with Crippen LogP contribution in [0.1, 0.15) is 11.1 Å². The number of hydrogen-bond acceptors (Lipinski definition) is 8. The smallest absolute Gasteiger partial charge is 0.145 e. The second-order valence-corrected chi connectivity index (χ2v) is 7.31. The standard InChI is InChI=1S/C8H7ClN4.C8H6ClN3.C6H3ClN2/c9-7-3-5(1-2-11-7)6-4-8(10)13-12-6;9-8-5-6(2-4-12-8)7(11)1-3-10;7-6-3-5(4-8)1-2-9-6/h1-4H,(H3,10,12,13);1-2,4-5H,11H2;1-3H/b;7-1-;. The number of nitrogens with one attached hydrogen (secondary N) is 1. The molecule has 34 heavy (non-hydrogen) atoms. The fraction of sp³-hybridized carbons (Fsp3) is 0. The van der Waals surface area contributed by atoms with Gasteiger partial charge in [-0.1, -0.05) is 34.8 Å². The molecule has 0 aliphatic carbocycles. The van der Waals surface area contributed by atoms with Crippen LogP contribution in [0.25, 0.3) is 17.0 Å². The van der Waals surface area contributed by atoms with Gasteiger partial charge in [-0.05, 0) is 36.4 Å². The Labute approximate surface area is 210 Å². The van der Waals surface area contributed by atoms with Crippen molar-refractivity contribution in [2.75, 3.05) is 5.73 Å². The van der Waals surface area contributed by atoms with Crippen molar-refractivity contribution >= 4 is 46.3 Å². The fourth-order valence-electron chi connectivity index (χ4n) is 2.26. The fourth-order valence-corrected chi connectivity index (χ4v) is 2.78. The first kappa shape index (κ1) is 26.1. The van der Waals surface area contributed by atoms with Gasteiger partial charge in [0.15, 0.2) is 0 Å². The molecule has 0 fully saturated rings. The molecule has 0 unspecified atom stereocenters. The highest BCUT2D eigenvalue weighted by Gasteiger charge is 2.01. The molecular weight excluding hydrogens is 497 g/mol. The predicted octanol–water partition coefficient (Wildman–Crippen LogP) is 4.87. The van der Waals surface area contributed by atoms with Crippen molar-refractivity contribution in [2.45, 2.75) is 0 Å². The molecule has 0 atom stereocenters. The second-order valence-electron chi connectivity index (χ2n) is 6.15. The minimum absolute atomic E-state index is 0.356. The molecule has 0 aliphatic heterocycles. The molecule has 0 aliphatic rings. The van der Waals surface area contributed by atoms with E-state index in [9.17, 15) is 0 Å². The first-order valence-corrected chi connectivity index (χ1v) is 10.4. The third-order valence-electron chi connectivity index (χ3n) is 3.77. The van der Waals surface area contributed by atoms with Crippen LogP contribution in [0.5, 0.6) is 0 Å². The molecule has 5 N–H and O–H groups in total. The van der Waals surface area contributed by atoms with Crippen LogP contribution in [-0.2, 0) is 0 Å². The van der Waals surface area contributed by atoms with Crippen LogP contribution in [-0.4, -0.2) is 25.1 Å². The molecule has 0 saturated heterocycles. The lowest BCUT2D eigenvalue weighted by molar-refractivity contribution is 1.10. The third-order valence-corrected chi connectivity index (χ3v) is 4.39. The lowest BCUT2D eigenvalue weighted by atomic mass is 10.2. The van der Waals surface area contributed by atoms with Crippen molar-refractivity contribution in [3.8, 4) is 23.4 Å². The largest absolute Gasteiger partial charge is 0.398 e. The van der Waals surface area contributed by atoms with E-state index in [1.165, 1.54) is 24.5 Å². The number of pyridine rings is 3. The van der Waals surface area contributed by atoms with E-state index in [2.05, 4.69) is 25.1 Å². The van der Waals surface area contributed by atoms with E-state index in [-0.39, 0.29) is 0 Å². The highest BCUT2D eigenvalue weighted by atomic mass is 35.5. The summed E-state index contributed by atoms with van der Waals surface area (Å²) in [4.78, 5) is 11.4. The van der Waals surface area contributed by atoms with Crippen LogP contribution in [0.3, 0.4) is 0 Å². The van der Waals surface area contributed by atoms with Gasteiger partial charge in [-0.2, -0.15) is 15.6 Å². The van der Waals surface area contributed by atoms with Crippen LogP contribution in [0.4, 0.5) is 5.82 Å². The average molecular weight is 513 g/mol. The molecule has 0 spiro atoms. The maximum atomic E-state index is 8.33. The molecule has 0 saturated carbocycles. The van der Waals surface area contributed by atoms with Gasteiger partial charge in [0.1, 0.15) is 21.3 Å². The first-order valence-electron chi connectivity index (χ1n) is 9.24. The predicted molar refractivity (Wildman–Crippen MR) is 132 cm³/mol. The van der Waals surface area contributed by atoms with Crippen LogP contribution < -0.4 is 11.5 Å². The van der Waals surface area contributed by atoms with Gasteiger partial charge in [0.2, 0.25) is 0 Å². The number of nitrogens with zero attached hydrogens (tertiary/aromatic N) is 6. The zero-order chi connectivity index (χ0) is 24.9. The third kappa shape index (κ3) is 8.77. The summed E-state index contributed by atoms with van der Waals surface area (Å²) in [5.74, 6) is 0.461. The van der Waals surface area contributed by atoms with Crippen LogP contribution in [0.2, 0.25) is 15.5 Å². The number of rotatable bonds is 2. The molecule has 4 heterocycles. The number of nitriles is 2. The number of nitrogen functional groups attached to an aromatic ring is 1. The summed E-state index contributed by atoms with van der Waals surface area (Å²) < 4.78 is 0. The van der Waals surface area contributed by atoms with Gasteiger partial charge in [0.05, 0.1) is 23.4 Å². The summed E-state index contributed by atoms with van der Waals surface area (Å²) in [7, 11) is 0. The summed E-state index contributed by atoms with van der Waals surface area (Å²) in [6.07, 6.45) is 5.93. The van der Waals surface area contributed by atoms with Gasteiger partial charge in [-0.3, -0.25) is 5.10 Å². The number of halogens is 3. The van der Waals surface area contributed by atoms with Crippen molar-refractivity contribution in [1.82, 2.24) is 25.1 Å². The van der Waals surface area contributed by atoms with E-state index >= 15 is 0 Å². The summed E-state index contributed by atoms with van der Waals surface area (Å²) in [5, 5.41) is 24.4. The Hall–Kier alpha value is -4.15. The van der Waals surface area contributed by atoms with Crippen molar-refractivity contribution in [1.29, 1.82) is 10.5 Å². The molecule has 9 nitrogen and oxygen atoms in total. The lowest BCUT2D eigenvalue weighted by Crippen LogP contribution is -1.95. The summed E-state index contributed by atoms with van der Waals surface area (Å²) in [6, 6.07) is 15.5. The van der Waals surface area contributed by atoms with E-state index in [1.54, 1.807) is 36.5 Å². The number of aromatic amines is 1. The maximum Gasteiger partial charge on any atom is 0.145 e. The van der Waals surface area contributed by atoms with Crippen molar-refractivity contribution in [3.63, 3.8) is 0 Å². The van der Waals surface area contributed by atoms with E-state index < -0.39 is 0 Å². The Balaban J connectivity index is 0.000000183. The minimum atomic E-state index is 0.356. The number of anilines is 1. The number of allylic oxidation sites excluding steroid dienone is 1. The summed E-state index contributed by atoms with van der Waals surface area (Å²) in [6.45, 7) is 0. The van der Waals surface area contributed by atoms with Gasteiger partial charge >= 0.3 is 0 Å². The normalized spacial score (nSPS) is 9.97. The zero-order valence-electron chi connectivity index (χ0n) is 17.3. The molecule has 4 aromatic rings. The molecular formula is C22H16Cl3N9. The topological polar surface area (TPSA) is 167 Å². The molecule has 170 valence electrons. The minimum Gasteiger partial charge on any atom is -0.398 e. The van der Waals surface area contributed by atoms with Crippen molar-refractivity contribution in [3.05, 3.63) is 93.7 Å². The number of nitrogens with two attached hydrogens (primary N) is 2. The van der Waals surface area contributed by atoms with Crippen molar-refractivity contribution < 1.29 is 0 Å². The molecule has 0 amide bonds. The Morgan fingerprint density at radius 3 is 2.00 bits per heavy atom. The van der Waals surface area contributed by atoms with Crippen molar-refractivity contribution in [2.24, 2.45) is 5.73 Å². The molecule has 4 aromatic heterocycles. The first-order chi connectivity index (χ1) is 16.3. The lowest BCUT2D eigenvalue weighted by Gasteiger charge is -1.98. The average Bonchev–Trinajstić information content (AvgIpc) is 3.26. The van der Waals surface area contributed by atoms with Gasteiger partial charge in [0, 0.05) is 47.6 Å². The molecule has 4 rings (SSSR count). The summed E-state index contributed by atoms with van der Waals surface area (Å²) >= 11 is 16.8. The quantitative estimate of drug-likeness (QED) is 0.252. The van der Waals surface area contributed by atoms with Crippen LogP contribution in [0.15, 0.2) is 67.1 Å². The van der Waals surface area contributed by atoms with Gasteiger partial charge in [-0.25, -0.2) is 15.0 Å². The molecule has 0 aromatic carbocycles.